The van der Waals surface area contributed by atoms with Crippen LogP contribution in [0.2, 0.25) is 0 Å². The van der Waals surface area contributed by atoms with Crippen LogP contribution in [0.4, 0.5) is 0 Å². The Balaban J connectivity index is 2.38. The first-order valence-corrected chi connectivity index (χ1v) is 7.47. The zero-order valence-electron chi connectivity index (χ0n) is 10.9. The number of benzene rings is 3. The number of aliphatic hydroxyl groups excluding tert-OH is 1. The summed E-state index contributed by atoms with van der Waals surface area (Å²) in [7, 11) is 0. The number of hydrogen-bond acceptors (Lipinski definition) is 3. The molecule has 0 unspecified atom stereocenters. The van der Waals surface area contributed by atoms with Crippen LogP contribution >= 0.6 is 11.8 Å². The standard InChI is InChI=1S/C17H14O2S/c18-8-9-20-16-7-3-5-13-10-12-4-1-2-6-14(12)15(11-19)17(13)16/h1-7,10-11,18H,8-9H2. The topological polar surface area (TPSA) is 37.3 Å². The van der Waals surface area contributed by atoms with E-state index >= 15 is 0 Å². The van der Waals surface area contributed by atoms with Gasteiger partial charge in [0.15, 0.2) is 6.29 Å². The lowest BCUT2D eigenvalue weighted by Crippen LogP contribution is -1.91. The van der Waals surface area contributed by atoms with Gasteiger partial charge in [0.05, 0.1) is 6.61 Å². The van der Waals surface area contributed by atoms with Gasteiger partial charge in [-0.3, -0.25) is 4.79 Å². The third-order valence-electron chi connectivity index (χ3n) is 3.36. The van der Waals surface area contributed by atoms with Gasteiger partial charge in [-0.25, -0.2) is 0 Å². The Morgan fingerprint density at radius 1 is 1.05 bits per heavy atom. The number of aldehydes is 1. The zero-order chi connectivity index (χ0) is 13.9. The molecular weight excluding hydrogens is 268 g/mol. The number of carbonyl (C=O) groups excluding carboxylic acids is 1. The molecule has 0 saturated carbocycles. The maximum atomic E-state index is 11.6. The van der Waals surface area contributed by atoms with Crippen molar-refractivity contribution in [2.75, 3.05) is 12.4 Å². The maximum Gasteiger partial charge on any atom is 0.151 e. The summed E-state index contributed by atoms with van der Waals surface area (Å²) in [6, 6.07) is 16.1. The van der Waals surface area contributed by atoms with Crippen LogP contribution in [0.1, 0.15) is 10.4 Å². The maximum absolute atomic E-state index is 11.6. The molecule has 0 aliphatic heterocycles. The lowest BCUT2D eigenvalue weighted by Gasteiger charge is -2.11. The van der Waals surface area contributed by atoms with Crippen molar-refractivity contribution in [3.63, 3.8) is 0 Å². The van der Waals surface area contributed by atoms with Crippen LogP contribution in [0.25, 0.3) is 21.5 Å². The minimum atomic E-state index is 0.130. The van der Waals surface area contributed by atoms with Crippen LogP contribution in [-0.4, -0.2) is 23.8 Å². The molecule has 0 saturated heterocycles. The number of thioether (sulfide) groups is 1. The Morgan fingerprint density at radius 2 is 1.85 bits per heavy atom. The van der Waals surface area contributed by atoms with Crippen molar-refractivity contribution in [2.45, 2.75) is 4.90 Å². The van der Waals surface area contributed by atoms with Crippen LogP contribution in [0, 0.1) is 0 Å². The minimum Gasteiger partial charge on any atom is -0.396 e. The molecule has 3 aromatic rings. The highest BCUT2D eigenvalue weighted by Crippen LogP contribution is 2.34. The summed E-state index contributed by atoms with van der Waals surface area (Å²) >= 11 is 1.58. The molecule has 0 bridgehead atoms. The Bertz CT molecular complexity index is 780. The smallest absolute Gasteiger partial charge is 0.151 e. The molecular formula is C17H14O2S. The molecule has 3 rings (SSSR count). The number of fused-ring (bicyclic) bond motifs is 2. The molecule has 1 N–H and O–H groups in total. The van der Waals surface area contributed by atoms with E-state index in [0.29, 0.717) is 5.75 Å². The van der Waals surface area contributed by atoms with Crippen molar-refractivity contribution in [3.8, 4) is 0 Å². The molecule has 3 aromatic carbocycles. The third kappa shape index (κ3) is 2.19. The number of hydrogen-bond donors (Lipinski definition) is 1. The normalized spacial score (nSPS) is 11.1. The SMILES string of the molecule is O=Cc1c2ccccc2cc2cccc(SCCO)c12. The van der Waals surface area contributed by atoms with Crippen LogP contribution < -0.4 is 0 Å². The van der Waals surface area contributed by atoms with Gasteiger partial charge in [0.1, 0.15) is 0 Å². The van der Waals surface area contributed by atoms with Crippen molar-refractivity contribution in [2.24, 2.45) is 0 Å². The first-order valence-electron chi connectivity index (χ1n) is 6.48. The minimum absolute atomic E-state index is 0.130. The molecule has 0 radical (unpaired) electrons. The van der Waals surface area contributed by atoms with E-state index in [4.69, 9.17) is 5.11 Å². The molecule has 0 amide bonds. The second-order valence-electron chi connectivity index (χ2n) is 4.56. The second-order valence-corrected chi connectivity index (χ2v) is 5.69. The molecule has 20 heavy (non-hydrogen) atoms. The lowest BCUT2D eigenvalue weighted by atomic mass is 9.97. The molecule has 0 spiro atoms. The lowest BCUT2D eigenvalue weighted by molar-refractivity contribution is 0.112. The van der Waals surface area contributed by atoms with Crippen molar-refractivity contribution in [3.05, 3.63) is 54.1 Å². The van der Waals surface area contributed by atoms with Crippen LogP contribution in [0.3, 0.4) is 0 Å². The average molecular weight is 282 g/mol. The summed E-state index contributed by atoms with van der Waals surface area (Å²) in [6.07, 6.45) is 0.938. The van der Waals surface area contributed by atoms with Gasteiger partial charge >= 0.3 is 0 Å². The van der Waals surface area contributed by atoms with Gasteiger partial charge in [-0.05, 0) is 28.3 Å². The largest absolute Gasteiger partial charge is 0.396 e. The predicted molar refractivity (Wildman–Crippen MR) is 84.7 cm³/mol. The highest BCUT2D eigenvalue weighted by atomic mass is 32.2. The van der Waals surface area contributed by atoms with Gasteiger partial charge in [0, 0.05) is 21.6 Å². The summed E-state index contributed by atoms with van der Waals surface area (Å²) in [6.45, 7) is 0.130. The van der Waals surface area contributed by atoms with E-state index in [9.17, 15) is 4.79 Å². The fourth-order valence-corrected chi connectivity index (χ4v) is 3.38. The van der Waals surface area contributed by atoms with Crippen molar-refractivity contribution in [1.82, 2.24) is 0 Å². The van der Waals surface area contributed by atoms with Gasteiger partial charge in [-0.15, -0.1) is 11.8 Å². The molecule has 100 valence electrons. The van der Waals surface area contributed by atoms with Gasteiger partial charge in [0.25, 0.3) is 0 Å². The van der Waals surface area contributed by atoms with Gasteiger partial charge in [-0.1, -0.05) is 36.4 Å². The fourth-order valence-electron chi connectivity index (χ4n) is 2.53. The quantitative estimate of drug-likeness (QED) is 0.448. The van der Waals surface area contributed by atoms with E-state index in [1.165, 1.54) is 0 Å². The Morgan fingerprint density at radius 3 is 2.65 bits per heavy atom. The third-order valence-corrected chi connectivity index (χ3v) is 4.39. The number of rotatable bonds is 4. The molecule has 0 atom stereocenters. The summed E-state index contributed by atoms with van der Waals surface area (Å²) in [5.74, 6) is 0.629. The zero-order valence-corrected chi connectivity index (χ0v) is 11.7. The highest BCUT2D eigenvalue weighted by Gasteiger charge is 2.10. The monoisotopic (exact) mass is 282 g/mol. The molecule has 0 aliphatic carbocycles. The second kappa shape index (κ2) is 5.65. The van der Waals surface area contributed by atoms with Gasteiger partial charge in [-0.2, -0.15) is 0 Å². The van der Waals surface area contributed by atoms with Crippen molar-refractivity contribution >= 4 is 39.6 Å². The Hall–Kier alpha value is -1.84. The summed E-state index contributed by atoms with van der Waals surface area (Å²) in [5, 5.41) is 13.1. The van der Waals surface area contributed by atoms with E-state index in [1.54, 1.807) is 11.8 Å². The van der Waals surface area contributed by atoms with Crippen LogP contribution in [0.15, 0.2) is 53.4 Å². The molecule has 2 nitrogen and oxygen atoms in total. The predicted octanol–water partition coefficient (Wildman–Crippen LogP) is 3.89. The molecule has 0 aromatic heterocycles. The van der Waals surface area contributed by atoms with Gasteiger partial charge < -0.3 is 5.11 Å². The van der Waals surface area contributed by atoms with Crippen molar-refractivity contribution < 1.29 is 9.90 Å². The summed E-state index contributed by atoms with van der Waals surface area (Å²) in [5.41, 5.74) is 0.735. The number of aliphatic hydroxyl groups is 1. The Kier molecular flexibility index (Phi) is 3.72. The van der Waals surface area contributed by atoms with Crippen LogP contribution in [-0.2, 0) is 0 Å². The summed E-state index contributed by atoms with van der Waals surface area (Å²) in [4.78, 5) is 12.6. The highest BCUT2D eigenvalue weighted by molar-refractivity contribution is 7.99. The molecule has 0 aliphatic rings. The van der Waals surface area contributed by atoms with E-state index in [1.807, 2.05) is 42.5 Å². The Labute approximate surface area is 121 Å². The molecule has 0 heterocycles. The van der Waals surface area contributed by atoms with E-state index in [-0.39, 0.29) is 6.61 Å². The first kappa shape index (κ1) is 13.2. The summed E-state index contributed by atoms with van der Waals surface area (Å²) < 4.78 is 0. The first-order chi connectivity index (χ1) is 9.85. The molecule has 3 heteroatoms. The van der Waals surface area contributed by atoms with E-state index in [0.717, 1.165) is 38.3 Å². The average Bonchev–Trinajstić information content (AvgIpc) is 2.50. The fraction of sp³-hybridized carbons (Fsp3) is 0.118. The van der Waals surface area contributed by atoms with E-state index in [2.05, 4.69) is 6.07 Å². The number of carbonyl (C=O) groups is 1. The van der Waals surface area contributed by atoms with Crippen LogP contribution in [0.5, 0.6) is 0 Å². The molecule has 0 fully saturated rings. The van der Waals surface area contributed by atoms with E-state index < -0.39 is 0 Å². The van der Waals surface area contributed by atoms with Gasteiger partial charge in [0.2, 0.25) is 0 Å². The van der Waals surface area contributed by atoms with Crippen molar-refractivity contribution in [1.29, 1.82) is 0 Å².